The van der Waals surface area contributed by atoms with Crippen LogP contribution in [0, 0.1) is 6.92 Å². The number of nitrogen functional groups attached to an aromatic ring is 1. The molecule has 3 N–H and O–H groups in total. The van der Waals surface area contributed by atoms with Crippen LogP contribution in [-0.4, -0.2) is 4.98 Å². The van der Waals surface area contributed by atoms with Gasteiger partial charge in [-0.25, -0.2) is 0 Å². The van der Waals surface area contributed by atoms with Crippen molar-refractivity contribution in [2.45, 2.75) is 6.92 Å². The Balaban J connectivity index is 2.79. The maximum Gasteiger partial charge on any atom is 0.0564 e. The number of hydrazine groups is 1. The van der Waals surface area contributed by atoms with E-state index in [1.54, 1.807) is 0 Å². The minimum Gasteiger partial charge on any atom is -0.324 e. The zero-order valence-electron chi connectivity index (χ0n) is 7.41. The molecule has 0 radical (unpaired) electrons. The fourth-order valence-corrected chi connectivity index (χ4v) is 1.40. The summed E-state index contributed by atoms with van der Waals surface area (Å²) in [6, 6.07) is 7.93. The van der Waals surface area contributed by atoms with Gasteiger partial charge in [-0.2, -0.15) is 0 Å². The Morgan fingerprint density at radius 3 is 3.00 bits per heavy atom. The topological polar surface area (TPSA) is 50.9 Å². The van der Waals surface area contributed by atoms with Crippen LogP contribution < -0.4 is 11.3 Å². The maximum absolute atomic E-state index is 5.40. The number of hydrogen-bond acceptors (Lipinski definition) is 3. The van der Waals surface area contributed by atoms with E-state index in [0.29, 0.717) is 0 Å². The molecule has 0 atom stereocenters. The van der Waals surface area contributed by atoms with Gasteiger partial charge in [0.15, 0.2) is 0 Å². The molecule has 2 aromatic rings. The highest BCUT2D eigenvalue weighted by atomic mass is 15.2. The summed E-state index contributed by atoms with van der Waals surface area (Å²) in [6.45, 7) is 1.97. The van der Waals surface area contributed by atoms with Gasteiger partial charge in [0.2, 0.25) is 0 Å². The molecule has 0 aliphatic carbocycles. The standard InChI is InChI=1S/C10H11N3/c1-7-5-9-8(6-12-7)3-2-4-10(9)13-11/h2-6,13H,11H2,1H3. The second-order valence-electron chi connectivity index (χ2n) is 3.00. The van der Waals surface area contributed by atoms with Crippen molar-refractivity contribution < 1.29 is 0 Å². The van der Waals surface area contributed by atoms with Gasteiger partial charge in [0.1, 0.15) is 0 Å². The summed E-state index contributed by atoms with van der Waals surface area (Å²) in [5.41, 5.74) is 4.60. The van der Waals surface area contributed by atoms with Gasteiger partial charge >= 0.3 is 0 Å². The third-order valence-corrected chi connectivity index (χ3v) is 2.06. The number of nitrogens with one attached hydrogen (secondary N) is 1. The second kappa shape index (κ2) is 3.03. The Labute approximate surface area is 76.6 Å². The highest BCUT2D eigenvalue weighted by Crippen LogP contribution is 2.21. The Morgan fingerprint density at radius 2 is 2.23 bits per heavy atom. The van der Waals surface area contributed by atoms with E-state index in [1.165, 1.54) is 0 Å². The minimum atomic E-state index is 0.933. The Kier molecular flexibility index (Phi) is 1.87. The summed E-state index contributed by atoms with van der Waals surface area (Å²) >= 11 is 0. The average Bonchev–Trinajstić information content (AvgIpc) is 2.17. The number of nitrogens with two attached hydrogens (primary N) is 1. The van der Waals surface area contributed by atoms with Crippen molar-refractivity contribution in [3.8, 4) is 0 Å². The fraction of sp³-hybridized carbons (Fsp3) is 0.100. The van der Waals surface area contributed by atoms with Crippen LogP contribution in [0.4, 0.5) is 5.69 Å². The molecule has 0 fully saturated rings. The first-order valence-electron chi connectivity index (χ1n) is 4.13. The van der Waals surface area contributed by atoms with Crippen LogP contribution >= 0.6 is 0 Å². The quantitative estimate of drug-likeness (QED) is 0.511. The lowest BCUT2D eigenvalue weighted by Crippen LogP contribution is -2.06. The van der Waals surface area contributed by atoms with Gasteiger partial charge in [-0.3, -0.25) is 10.8 Å². The first-order chi connectivity index (χ1) is 6.31. The SMILES string of the molecule is Cc1cc2c(NN)cccc2cn1. The fourth-order valence-electron chi connectivity index (χ4n) is 1.40. The summed E-state index contributed by atoms with van der Waals surface area (Å²) in [4.78, 5) is 4.21. The lowest BCUT2D eigenvalue weighted by atomic mass is 10.1. The smallest absolute Gasteiger partial charge is 0.0564 e. The molecule has 3 heteroatoms. The number of benzene rings is 1. The van der Waals surface area contributed by atoms with Crippen LogP contribution in [0.5, 0.6) is 0 Å². The van der Waals surface area contributed by atoms with E-state index >= 15 is 0 Å². The van der Waals surface area contributed by atoms with Gasteiger partial charge in [0.25, 0.3) is 0 Å². The zero-order chi connectivity index (χ0) is 9.26. The van der Waals surface area contributed by atoms with Gasteiger partial charge in [0.05, 0.1) is 5.69 Å². The van der Waals surface area contributed by atoms with Crippen molar-refractivity contribution in [1.29, 1.82) is 0 Å². The molecule has 0 saturated carbocycles. The predicted octanol–water partition coefficient (Wildman–Crippen LogP) is 1.83. The number of pyridine rings is 1. The Bertz CT molecular complexity index is 437. The summed E-state index contributed by atoms with van der Waals surface area (Å²) in [6.07, 6.45) is 1.85. The molecule has 1 aromatic heterocycles. The molecule has 1 heterocycles. The van der Waals surface area contributed by atoms with Crippen molar-refractivity contribution in [2.75, 3.05) is 5.43 Å². The number of rotatable bonds is 1. The molecular weight excluding hydrogens is 162 g/mol. The van der Waals surface area contributed by atoms with Gasteiger partial charge in [-0.15, -0.1) is 0 Å². The molecule has 66 valence electrons. The van der Waals surface area contributed by atoms with Crippen LogP contribution in [0.25, 0.3) is 10.8 Å². The van der Waals surface area contributed by atoms with E-state index in [0.717, 1.165) is 22.2 Å². The summed E-state index contributed by atoms with van der Waals surface area (Å²) in [5, 5.41) is 2.21. The van der Waals surface area contributed by atoms with Crippen LogP contribution in [-0.2, 0) is 0 Å². The molecule has 0 aliphatic heterocycles. The van der Waals surface area contributed by atoms with Gasteiger partial charge in [-0.05, 0) is 19.1 Å². The van der Waals surface area contributed by atoms with E-state index in [1.807, 2.05) is 37.4 Å². The third kappa shape index (κ3) is 1.34. The summed E-state index contributed by atoms with van der Waals surface area (Å²) < 4.78 is 0. The number of aromatic nitrogens is 1. The Morgan fingerprint density at radius 1 is 1.38 bits per heavy atom. The first kappa shape index (κ1) is 8.01. The number of anilines is 1. The van der Waals surface area contributed by atoms with Crippen molar-refractivity contribution >= 4 is 16.5 Å². The van der Waals surface area contributed by atoms with Crippen molar-refractivity contribution in [3.05, 3.63) is 36.2 Å². The molecule has 0 aliphatic rings. The maximum atomic E-state index is 5.40. The molecule has 0 bridgehead atoms. The van der Waals surface area contributed by atoms with Crippen molar-refractivity contribution in [3.63, 3.8) is 0 Å². The molecule has 3 nitrogen and oxygen atoms in total. The van der Waals surface area contributed by atoms with Crippen molar-refractivity contribution in [2.24, 2.45) is 5.84 Å². The largest absolute Gasteiger partial charge is 0.324 e. The molecule has 2 rings (SSSR count). The highest BCUT2D eigenvalue weighted by Gasteiger charge is 1.98. The molecular formula is C10H11N3. The number of hydrogen-bond donors (Lipinski definition) is 2. The van der Waals surface area contributed by atoms with Crippen LogP contribution in [0.15, 0.2) is 30.5 Å². The third-order valence-electron chi connectivity index (χ3n) is 2.06. The highest BCUT2D eigenvalue weighted by molar-refractivity contribution is 5.93. The number of nitrogens with zero attached hydrogens (tertiary/aromatic N) is 1. The molecule has 0 spiro atoms. The lowest BCUT2D eigenvalue weighted by molar-refractivity contribution is 1.22. The van der Waals surface area contributed by atoms with E-state index in [9.17, 15) is 0 Å². The van der Waals surface area contributed by atoms with Crippen LogP contribution in [0.3, 0.4) is 0 Å². The first-order valence-corrected chi connectivity index (χ1v) is 4.13. The van der Waals surface area contributed by atoms with E-state index in [-0.39, 0.29) is 0 Å². The minimum absolute atomic E-state index is 0.933. The molecule has 0 unspecified atom stereocenters. The summed E-state index contributed by atoms with van der Waals surface area (Å²) in [7, 11) is 0. The molecule has 13 heavy (non-hydrogen) atoms. The van der Waals surface area contributed by atoms with E-state index < -0.39 is 0 Å². The second-order valence-corrected chi connectivity index (χ2v) is 3.00. The lowest BCUT2D eigenvalue weighted by Gasteiger charge is -2.05. The van der Waals surface area contributed by atoms with Gasteiger partial charge in [0, 0.05) is 22.7 Å². The van der Waals surface area contributed by atoms with Gasteiger partial charge < -0.3 is 5.43 Å². The average molecular weight is 173 g/mol. The van der Waals surface area contributed by atoms with Crippen LogP contribution in [0.1, 0.15) is 5.69 Å². The number of fused-ring (bicyclic) bond motifs is 1. The van der Waals surface area contributed by atoms with E-state index in [2.05, 4.69) is 10.4 Å². The van der Waals surface area contributed by atoms with Crippen LogP contribution in [0.2, 0.25) is 0 Å². The molecule has 0 amide bonds. The number of aryl methyl sites for hydroxylation is 1. The summed E-state index contributed by atoms with van der Waals surface area (Å²) in [5.74, 6) is 5.40. The Hall–Kier alpha value is -1.61. The zero-order valence-corrected chi connectivity index (χ0v) is 7.41. The van der Waals surface area contributed by atoms with E-state index in [4.69, 9.17) is 5.84 Å². The molecule has 1 aromatic carbocycles. The predicted molar refractivity (Wildman–Crippen MR) is 54.3 cm³/mol. The monoisotopic (exact) mass is 173 g/mol. The van der Waals surface area contributed by atoms with Gasteiger partial charge in [-0.1, -0.05) is 12.1 Å². The molecule has 0 saturated heterocycles. The van der Waals surface area contributed by atoms with Crippen molar-refractivity contribution in [1.82, 2.24) is 4.98 Å². The normalized spacial score (nSPS) is 10.3.